The first-order chi connectivity index (χ1) is 14.1. The van der Waals surface area contributed by atoms with Gasteiger partial charge in [0.1, 0.15) is 6.61 Å². The number of ketones is 1. The second-order valence-corrected chi connectivity index (χ2v) is 6.56. The Kier molecular flexibility index (Phi) is 5.12. The predicted molar refractivity (Wildman–Crippen MR) is 110 cm³/mol. The lowest BCUT2D eigenvalue weighted by molar-refractivity contribution is 0.0464. The summed E-state index contributed by atoms with van der Waals surface area (Å²) in [5.41, 5.74) is 3.87. The lowest BCUT2D eigenvalue weighted by Crippen LogP contribution is -2.13. The van der Waals surface area contributed by atoms with Gasteiger partial charge in [0.2, 0.25) is 0 Å². The van der Waals surface area contributed by atoms with E-state index in [1.165, 1.54) is 0 Å². The minimum Gasteiger partial charge on any atom is -0.455 e. The molecule has 1 heterocycles. The third-order valence-electron chi connectivity index (χ3n) is 4.61. The minimum absolute atomic E-state index is 0.0175. The number of hydrogen-bond acceptors (Lipinski definition) is 5. The van der Waals surface area contributed by atoms with Gasteiger partial charge in [-0.05, 0) is 25.1 Å². The van der Waals surface area contributed by atoms with Crippen LogP contribution in [-0.4, -0.2) is 21.7 Å². The molecule has 0 unspecified atom stereocenters. The topological polar surface area (TPSA) is 69.2 Å². The summed E-state index contributed by atoms with van der Waals surface area (Å²) < 4.78 is 5.48. The number of aryl methyl sites for hydroxylation is 1. The average molecular weight is 382 g/mol. The molecule has 0 spiro atoms. The molecule has 0 aliphatic rings. The van der Waals surface area contributed by atoms with E-state index in [-0.39, 0.29) is 18.0 Å². The summed E-state index contributed by atoms with van der Waals surface area (Å²) in [6.07, 6.45) is 0. The van der Waals surface area contributed by atoms with Crippen LogP contribution in [0.4, 0.5) is 0 Å². The minimum atomic E-state index is -0.570. The first-order valence-electron chi connectivity index (χ1n) is 9.21. The highest BCUT2D eigenvalue weighted by atomic mass is 16.5. The fourth-order valence-corrected chi connectivity index (χ4v) is 3.08. The molecule has 5 heteroatoms. The van der Waals surface area contributed by atoms with Gasteiger partial charge in [-0.25, -0.2) is 14.8 Å². The van der Waals surface area contributed by atoms with Gasteiger partial charge in [0.15, 0.2) is 5.78 Å². The zero-order valence-electron chi connectivity index (χ0n) is 15.8. The van der Waals surface area contributed by atoms with Crippen molar-refractivity contribution in [2.75, 3.05) is 0 Å². The van der Waals surface area contributed by atoms with E-state index in [1.54, 1.807) is 48.5 Å². The quantitative estimate of drug-likeness (QED) is 0.375. The van der Waals surface area contributed by atoms with Crippen LogP contribution in [0, 0.1) is 6.92 Å². The maximum absolute atomic E-state index is 12.8. The van der Waals surface area contributed by atoms with E-state index in [4.69, 9.17) is 4.74 Å². The largest absolute Gasteiger partial charge is 0.455 e. The molecular weight excluding hydrogens is 364 g/mol. The van der Waals surface area contributed by atoms with Gasteiger partial charge in [0.25, 0.3) is 0 Å². The van der Waals surface area contributed by atoms with Crippen LogP contribution in [0.2, 0.25) is 0 Å². The van der Waals surface area contributed by atoms with Crippen molar-refractivity contribution in [2.24, 2.45) is 0 Å². The van der Waals surface area contributed by atoms with Crippen LogP contribution in [0.3, 0.4) is 0 Å². The number of ether oxygens (including phenoxy) is 1. The predicted octanol–water partition coefficient (Wildman–Crippen LogP) is 4.53. The molecule has 0 radical (unpaired) electrons. The Labute approximate surface area is 168 Å². The highest BCUT2D eigenvalue weighted by Crippen LogP contribution is 2.18. The highest BCUT2D eigenvalue weighted by molar-refractivity contribution is 6.14. The van der Waals surface area contributed by atoms with Gasteiger partial charge in [-0.3, -0.25) is 4.79 Å². The molecule has 0 saturated heterocycles. The average Bonchev–Trinajstić information content (AvgIpc) is 2.77. The zero-order chi connectivity index (χ0) is 20.2. The van der Waals surface area contributed by atoms with Crippen LogP contribution in [0.25, 0.3) is 11.0 Å². The Hall–Kier alpha value is -3.86. The van der Waals surface area contributed by atoms with E-state index in [0.29, 0.717) is 22.5 Å². The second kappa shape index (κ2) is 8.02. The van der Waals surface area contributed by atoms with E-state index < -0.39 is 5.97 Å². The van der Waals surface area contributed by atoms with E-state index in [1.807, 2.05) is 37.3 Å². The number of benzene rings is 3. The lowest BCUT2D eigenvalue weighted by Gasteiger charge is -2.10. The van der Waals surface area contributed by atoms with E-state index in [9.17, 15) is 9.59 Å². The number of nitrogens with zero attached hydrogens (tertiary/aromatic N) is 2. The van der Waals surface area contributed by atoms with Crippen molar-refractivity contribution in [3.63, 3.8) is 0 Å². The van der Waals surface area contributed by atoms with Crippen molar-refractivity contribution in [3.05, 3.63) is 107 Å². The van der Waals surface area contributed by atoms with Crippen LogP contribution in [0.15, 0.2) is 78.9 Å². The molecule has 0 fully saturated rings. The molecule has 1 aromatic heterocycles. The normalized spacial score (nSPS) is 10.7. The number of fused-ring (bicyclic) bond motifs is 1. The van der Waals surface area contributed by atoms with Crippen molar-refractivity contribution in [1.29, 1.82) is 0 Å². The van der Waals surface area contributed by atoms with E-state index >= 15 is 0 Å². The first kappa shape index (κ1) is 18.5. The number of esters is 1. The summed E-state index contributed by atoms with van der Waals surface area (Å²) in [5.74, 6) is -0.793. The van der Waals surface area contributed by atoms with Gasteiger partial charge in [0, 0.05) is 11.1 Å². The smallest absolute Gasteiger partial charge is 0.339 e. The maximum Gasteiger partial charge on any atom is 0.339 e. The summed E-state index contributed by atoms with van der Waals surface area (Å²) in [5, 5.41) is 0. The third-order valence-corrected chi connectivity index (χ3v) is 4.61. The van der Waals surface area contributed by atoms with Crippen molar-refractivity contribution in [1.82, 2.24) is 9.97 Å². The van der Waals surface area contributed by atoms with Gasteiger partial charge in [-0.1, -0.05) is 60.7 Å². The van der Waals surface area contributed by atoms with Crippen LogP contribution in [0.1, 0.15) is 37.7 Å². The Bertz CT molecular complexity index is 1200. The maximum atomic E-state index is 12.8. The lowest BCUT2D eigenvalue weighted by atomic mass is 9.98. The number of carbonyl (C=O) groups is 2. The first-order valence-corrected chi connectivity index (χ1v) is 9.21. The Morgan fingerprint density at radius 1 is 0.759 bits per heavy atom. The van der Waals surface area contributed by atoms with Gasteiger partial charge in [-0.2, -0.15) is 0 Å². The Morgan fingerprint density at radius 3 is 2.07 bits per heavy atom. The van der Waals surface area contributed by atoms with Gasteiger partial charge in [0.05, 0.1) is 28.0 Å². The highest BCUT2D eigenvalue weighted by Gasteiger charge is 2.19. The number of para-hydroxylation sites is 2. The molecule has 0 bridgehead atoms. The van der Waals surface area contributed by atoms with Crippen molar-refractivity contribution >= 4 is 22.8 Å². The second-order valence-electron chi connectivity index (χ2n) is 6.56. The number of hydrogen-bond donors (Lipinski definition) is 0. The summed E-state index contributed by atoms with van der Waals surface area (Å²) in [7, 11) is 0. The molecule has 0 amide bonds. The van der Waals surface area contributed by atoms with Crippen LogP contribution >= 0.6 is 0 Å². The van der Waals surface area contributed by atoms with Crippen molar-refractivity contribution in [3.8, 4) is 0 Å². The molecular formula is C24H18N2O3. The van der Waals surface area contributed by atoms with E-state index in [0.717, 1.165) is 11.0 Å². The third kappa shape index (κ3) is 3.89. The molecule has 0 aliphatic carbocycles. The summed E-state index contributed by atoms with van der Waals surface area (Å²) >= 11 is 0. The SMILES string of the molecule is Cc1nc2ccccc2nc1COC(=O)c1ccccc1C(=O)c1ccccc1. The molecule has 4 aromatic rings. The monoisotopic (exact) mass is 382 g/mol. The fraction of sp³-hybridized carbons (Fsp3) is 0.0833. The van der Waals surface area contributed by atoms with Crippen molar-refractivity contribution < 1.29 is 14.3 Å². The fourth-order valence-electron chi connectivity index (χ4n) is 3.08. The van der Waals surface area contributed by atoms with Gasteiger partial charge in [-0.15, -0.1) is 0 Å². The van der Waals surface area contributed by atoms with Crippen LogP contribution < -0.4 is 0 Å². The molecule has 5 nitrogen and oxygen atoms in total. The molecule has 29 heavy (non-hydrogen) atoms. The number of aromatic nitrogens is 2. The summed E-state index contributed by atoms with van der Waals surface area (Å²) in [4.78, 5) is 34.6. The molecule has 0 N–H and O–H groups in total. The number of rotatable bonds is 5. The molecule has 0 atom stereocenters. The number of carbonyl (C=O) groups excluding carboxylic acids is 2. The van der Waals surface area contributed by atoms with Crippen molar-refractivity contribution in [2.45, 2.75) is 13.5 Å². The van der Waals surface area contributed by atoms with Crippen LogP contribution in [0.5, 0.6) is 0 Å². The molecule has 0 saturated carbocycles. The van der Waals surface area contributed by atoms with Gasteiger partial charge < -0.3 is 4.74 Å². The molecule has 0 aliphatic heterocycles. The standard InChI is InChI=1S/C24H18N2O3/c1-16-22(26-21-14-8-7-13-20(21)25-16)15-29-24(28)19-12-6-5-11-18(19)23(27)17-9-3-2-4-10-17/h2-14H,15H2,1H3. The molecule has 142 valence electrons. The Balaban J connectivity index is 1.57. The summed E-state index contributed by atoms with van der Waals surface area (Å²) in [6, 6.07) is 23.0. The molecule has 3 aromatic carbocycles. The molecule has 4 rings (SSSR count). The zero-order valence-corrected chi connectivity index (χ0v) is 15.8. The van der Waals surface area contributed by atoms with E-state index in [2.05, 4.69) is 9.97 Å². The van der Waals surface area contributed by atoms with Crippen LogP contribution in [-0.2, 0) is 11.3 Å². The van der Waals surface area contributed by atoms with Gasteiger partial charge >= 0.3 is 5.97 Å². The summed E-state index contributed by atoms with van der Waals surface area (Å²) in [6.45, 7) is 1.81. The Morgan fingerprint density at radius 2 is 1.34 bits per heavy atom.